The molecule has 3 N–H and O–H groups in total. The molecular weight excluding hydrogens is 351 g/mol. The summed E-state index contributed by atoms with van der Waals surface area (Å²) in [6.07, 6.45) is 3.56. The Bertz CT molecular complexity index is 401. The summed E-state index contributed by atoms with van der Waals surface area (Å²) >= 11 is 2.30. The minimum absolute atomic E-state index is 0.0954. The van der Waals surface area contributed by atoms with Gasteiger partial charge in [0.1, 0.15) is 0 Å². The lowest BCUT2D eigenvalue weighted by molar-refractivity contribution is -0.122. The maximum atomic E-state index is 11.7. The van der Waals surface area contributed by atoms with Crippen LogP contribution in [0.3, 0.4) is 0 Å². The minimum Gasteiger partial charge on any atom is -0.350 e. The normalized spacial score (nSPS) is 11.4. The van der Waals surface area contributed by atoms with Crippen LogP contribution >= 0.6 is 22.6 Å². The van der Waals surface area contributed by atoms with Gasteiger partial charge >= 0.3 is 0 Å². The van der Waals surface area contributed by atoms with Crippen LogP contribution in [0.15, 0.2) is 24.3 Å². The molecule has 0 aromatic heterocycles. The number of nitrogens with one attached hydrogen (secondary N) is 1. The van der Waals surface area contributed by atoms with Crippen LogP contribution in [0.2, 0.25) is 0 Å². The number of rotatable bonds is 7. The molecule has 0 bridgehead atoms. The van der Waals surface area contributed by atoms with E-state index in [1.54, 1.807) is 0 Å². The lowest BCUT2D eigenvalue weighted by Crippen LogP contribution is -2.48. The molecule has 0 aliphatic heterocycles. The molecule has 0 unspecified atom stereocenters. The molecule has 3 nitrogen and oxygen atoms in total. The van der Waals surface area contributed by atoms with Crippen LogP contribution in [0.1, 0.15) is 38.7 Å². The van der Waals surface area contributed by atoms with Crippen LogP contribution in [-0.4, -0.2) is 18.0 Å². The van der Waals surface area contributed by atoms with E-state index >= 15 is 0 Å². The van der Waals surface area contributed by atoms with Gasteiger partial charge in [0.25, 0.3) is 0 Å². The highest BCUT2D eigenvalue weighted by molar-refractivity contribution is 14.1. The Kier molecular flexibility index (Phi) is 6.79. The third kappa shape index (κ3) is 6.92. The third-order valence-electron chi connectivity index (χ3n) is 3.02. The predicted molar refractivity (Wildman–Crippen MR) is 88.0 cm³/mol. The van der Waals surface area contributed by atoms with Crippen molar-refractivity contribution in [1.82, 2.24) is 5.32 Å². The summed E-state index contributed by atoms with van der Waals surface area (Å²) in [6, 6.07) is 8.54. The number of amides is 1. The van der Waals surface area contributed by atoms with Gasteiger partial charge in [0.05, 0.1) is 0 Å². The second-order valence-electron chi connectivity index (χ2n) is 5.47. The number of carbonyl (C=O) groups excluding carboxylic acids is 1. The van der Waals surface area contributed by atoms with E-state index in [-0.39, 0.29) is 11.4 Å². The van der Waals surface area contributed by atoms with Gasteiger partial charge in [0.2, 0.25) is 5.91 Å². The fraction of sp³-hybridized carbons (Fsp3) is 0.533. The van der Waals surface area contributed by atoms with E-state index in [0.717, 1.165) is 19.3 Å². The summed E-state index contributed by atoms with van der Waals surface area (Å²) in [5, 5.41) is 2.95. The number of halogens is 1. The topological polar surface area (TPSA) is 55.1 Å². The number of hydrogen-bond acceptors (Lipinski definition) is 2. The van der Waals surface area contributed by atoms with Crippen LogP contribution < -0.4 is 11.1 Å². The van der Waals surface area contributed by atoms with E-state index in [1.165, 1.54) is 9.13 Å². The molecule has 0 aliphatic carbocycles. The van der Waals surface area contributed by atoms with E-state index in [1.807, 2.05) is 13.8 Å². The molecule has 0 heterocycles. The first-order valence-corrected chi connectivity index (χ1v) is 7.76. The van der Waals surface area contributed by atoms with Gasteiger partial charge in [-0.3, -0.25) is 4.79 Å². The lowest BCUT2D eigenvalue weighted by Gasteiger charge is -2.24. The largest absolute Gasteiger partial charge is 0.350 e. The van der Waals surface area contributed by atoms with Gasteiger partial charge in [0.15, 0.2) is 0 Å². The van der Waals surface area contributed by atoms with E-state index in [2.05, 4.69) is 52.2 Å². The highest BCUT2D eigenvalue weighted by Crippen LogP contribution is 2.10. The molecule has 0 spiro atoms. The number of unbranched alkanes of at least 4 members (excludes halogenated alkanes) is 1. The highest BCUT2D eigenvalue weighted by atomic mass is 127. The van der Waals surface area contributed by atoms with Crippen molar-refractivity contribution in [2.75, 3.05) is 6.54 Å². The van der Waals surface area contributed by atoms with Crippen molar-refractivity contribution in [3.05, 3.63) is 33.4 Å². The molecular formula is C15H23IN2O. The van der Waals surface area contributed by atoms with Crippen molar-refractivity contribution in [3.8, 4) is 0 Å². The molecule has 0 atom stereocenters. The van der Waals surface area contributed by atoms with E-state index in [0.29, 0.717) is 13.0 Å². The summed E-state index contributed by atoms with van der Waals surface area (Å²) in [6.45, 7) is 4.34. The predicted octanol–water partition coefficient (Wildman–Crippen LogP) is 2.86. The minimum atomic E-state index is -0.298. The average molecular weight is 374 g/mol. The molecule has 1 aromatic carbocycles. The summed E-state index contributed by atoms with van der Waals surface area (Å²) in [7, 11) is 0. The van der Waals surface area contributed by atoms with Crippen LogP contribution in [0, 0.1) is 3.57 Å². The number of hydrogen-bond donors (Lipinski definition) is 2. The smallest absolute Gasteiger partial charge is 0.220 e. The quantitative estimate of drug-likeness (QED) is 0.570. The van der Waals surface area contributed by atoms with Crippen molar-refractivity contribution in [1.29, 1.82) is 0 Å². The van der Waals surface area contributed by atoms with Gasteiger partial charge in [-0.1, -0.05) is 12.1 Å². The number of nitrogens with two attached hydrogens (primary N) is 1. The Balaban J connectivity index is 2.20. The van der Waals surface area contributed by atoms with Crippen LogP contribution in [0.5, 0.6) is 0 Å². The summed E-state index contributed by atoms with van der Waals surface area (Å²) in [5.74, 6) is 0.0954. The maximum Gasteiger partial charge on any atom is 0.220 e. The van der Waals surface area contributed by atoms with E-state index in [9.17, 15) is 4.79 Å². The first kappa shape index (κ1) is 16.4. The van der Waals surface area contributed by atoms with Crippen molar-refractivity contribution >= 4 is 28.5 Å². The van der Waals surface area contributed by atoms with E-state index < -0.39 is 0 Å². The molecule has 0 fully saturated rings. The summed E-state index contributed by atoms with van der Waals surface area (Å²) in [5.41, 5.74) is 6.62. The molecule has 1 amide bonds. The number of aryl methyl sites for hydroxylation is 1. The van der Waals surface area contributed by atoms with Crippen molar-refractivity contribution in [2.45, 2.75) is 45.1 Å². The van der Waals surface area contributed by atoms with Gasteiger partial charge in [-0.25, -0.2) is 0 Å². The third-order valence-corrected chi connectivity index (χ3v) is 3.74. The molecule has 0 saturated carbocycles. The first-order valence-electron chi connectivity index (χ1n) is 6.68. The van der Waals surface area contributed by atoms with Crippen molar-refractivity contribution < 1.29 is 4.79 Å². The van der Waals surface area contributed by atoms with Crippen LogP contribution in [0.25, 0.3) is 0 Å². The first-order chi connectivity index (χ1) is 8.93. The van der Waals surface area contributed by atoms with E-state index in [4.69, 9.17) is 5.73 Å². The second kappa shape index (κ2) is 7.85. The Labute approximate surface area is 129 Å². The Morgan fingerprint density at radius 1 is 1.26 bits per heavy atom. The SMILES string of the molecule is CC(C)(CN)NC(=O)CCCCc1ccc(I)cc1. The molecule has 1 rings (SSSR count). The Hall–Kier alpha value is -0.620. The zero-order chi connectivity index (χ0) is 14.3. The van der Waals surface area contributed by atoms with Crippen molar-refractivity contribution in [2.24, 2.45) is 5.73 Å². The monoisotopic (exact) mass is 374 g/mol. The molecule has 0 saturated heterocycles. The Morgan fingerprint density at radius 3 is 2.47 bits per heavy atom. The fourth-order valence-electron chi connectivity index (χ4n) is 1.76. The number of benzene rings is 1. The van der Waals surface area contributed by atoms with Crippen LogP contribution in [-0.2, 0) is 11.2 Å². The van der Waals surface area contributed by atoms with Gasteiger partial charge < -0.3 is 11.1 Å². The highest BCUT2D eigenvalue weighted by Gasteiger charge is 2.17. The standard InChI is InChI=1S/C15H23IN2O/c1-15(2,11-17)18-14(19)6-4-3-5-12-7-9-13(16)10-8-12/h7-10H,3-6,11,17H2,1-2H3,(H,18,19). The molecule has 1 aromatic rings. The van der Waals surface area contributed by atoms with Gasteiger partial charge in [-0.05, 0) is 73.4 Å². The van der Waals surface area contributed by atoms with Gasteiger partial charge in [-0.15, -0.1) is 0 Å². The fourth-order valence-corrected chi connectivity index (χ4v) is 2.12. The second-order valence-corrected chi connectivity index (χ2v) is 6.72. The molecule has 19 heavy (non-hydrogen) atoms. The van der Waals surface area contributed by atoms with Gasteiger partial charge in [-0.2, -0.15) is 0 Å². The Morgan fingerprint density at radius 2 is 1.89 bits per heavy atom. The molecule has 4 heteroatoms. The average Bonchev–Trinajstić information content (AvgIpc) is 2.36. The summed E-state index contributed by atoms with van der Waals surface area (Å²) < 4.78 is 1.25. The molecule has 0 radical (unpaired) electrons. The lowest BCUT2D eigenvalue weighted by atomic mass is 10.0. The molecule has 0 aliphatic rings. The summed E-state index contributed by atoms with van der Waals surface area (Å²) in [4.78, 5) is 11.7. The number of carbonyl (C=O) groups is 1. The van der Waals surface area contributed by atoms with Gasteiger partial charge in [0, 0.05) is 22.1 Å². The zero-order valence-corrected chi connectivity index (χ0v) is 13.9. The van der Waals surface area contributed by atoms with Crippen molar-refractivity contribution in [3.63, 3.8) is 0 Å². The molecule has 106 valence electrons. The maximum absolute atomic E-state index is 11.7. The van der Waals surface area contributed by atoms with Crippen LogP contribution in [0.4, 0.5) is 0 Å². The zero-order valence-electron chi connectivity index (χ0n) is 11.7.